The van der Waals surface area contributed by atoms with Crippen molar-refractivity contribution in [3.63, 3.8) is 0 Å². The van der Waals surface area contributed by atoms with Crippen molar-refractivity contribution >= 4 is 17.3 Å². The summed E-state index contributed by atoms with van der Waals surface area (Å²) in [5.74, 6) is -0.605. The third-order valence-electron chi connectivity index (χ3n) is 1.96. The minimum atomic E-state index is -1.08. The van der Waals surface area contributed by atoms with Crippen LogP contribution in [0.15, 0.2) is 21.9 Å². The molecule has 2 aromatic heterocycles. The third-order valence-corrected chi connectivity index (χ3v) is 2.86. The van der Waals surface area contributed by atoms with Crippen LogP contribution in [0.1, 0.15) is 27.0 Å². The summed E-state index contributed by atoms with van der Waals surface area (Å²) in [5, 5.41) is 20.1. The van der Waals surface area contributed by atoms with Crippen molar-refractivity contribution in [2.75, 3.05) is 0 Å². The Balaban J connectivity index is 2.11. The van der Waals surface area contributed by atoms with E-state index in [1.54, 1.807) is 11.4 Å². The predicted molar refractivity (Wildman–Crippen MR) is 56.5 cm³/mol. The van der Waals surface area contributed by atoms with Gasteiger partial charge in [0.1, 0.15) is 10.8 Å². The molecule has 0 radical (unpaired) electrons. The first kappa shape index (κ1) is 10.8. The zero-order valence-corrected chi connectivity index (χ0v) is 9.03. The van der Waals surface area contributed by atoms with Gasteiger partial charge in [0.05, 0.1) is 18.7 Å². The van der Waals surface area contributed by atoms with E-state index in [0.29, 0.717) is 17.9 Å². The number of carboxylic acid groups (broad SMARTS) is 1. The highest BCUT2D eigenvalue weighted by molar-refractivity contribution is 7.09. The maximum absolute atomic E-state index is 10.6. The summed E-state index contributed by atoms with van der Waals surface area (Å²) in [5.41, 5.74) is 0.616. The summed E-state index contributed by atoms with van der Waals surface area (Å²) >= 11 is 1.41. The first-order valence-corrected chi connectivity index (χ1v) is 5.43. The van der Waals surface area contributed by atoms with Crippen LogP contribution in [0.5, 0.6) is 0 Å². The molecular weight excluding hydrogens is 230 g/mol. The molecule has 0 aliphatic heterocycles. The topological polar surface area (TPSA) is 83.6 Å². The molecule has 2 aromatic rings. The minimum absolute atomic E-state index is 0.0751. The number of carboxylic acids is 1. The van der Waals surface area contributed by atoms with Crippen LogP contribution >= 0.6 is 11.3 Å². The second-order valence-electron chi connectivity index (χ2n) is 3.14. The first-order chi connectivity index (χ1) is 7.69. The quantitative estimate of drug-likeness (QED) is 0.845. The van der Waals surface area contributed by atoms with E-state index in [1.807, 2.05) is 0 Å². The lowest BCUT2D eigenvalue weighted by molar-refractivity contribution is 0.0660. The van der Waals surface area contributed by atoms with E-state index in [1.165, 1.54) is 17.4 Å². The molecule has 0 amide bonds. The molecule has 0 atom stereocenters. The standard InChI is InChI=1S/C10H9NO4S/c12-4-6-5-16-9(11-6)3-7-1-2-8(15-7)10(13)14/h1-2,5,12H,3-4H2,(H,13,14). The lowest BCUT2D eigenvalue weighted by Crippen LogP contribution is -1.92. The lowest BCUT2D eigenvalue weighted by Gasteiger charge is -1.91. The van der Waals surface area contributed by atoms with Gasteiger partial charge in [0.15, 0.2) is 0 Å². The molecule has 0 unspecified atom stereocenters. The zero-order valence-electron chi connectivity index (χ0n) is 8.21. The Morgan fingerprint density at radius 2 is 2.31 bits per heavy atom. The fourth-order valence-corrected chi connectivity index (χ4v) is 2.03. The van der Waals surface area contributed by atoms with E-state index in [4.69, 9.17) is 14.6 Å². The monoisotopic (exact) mass is 239 g/mol. The molecule has 0 spiro atoms. The summed E-state index contributed by atoms with van der Waals surface area (Å²) in [6.07, 6.45) is 0.442. The van der Waals surface area contributed by atoms with Crippen molar-refractivity contribution in [2.24, 2.45) is 0 Å². The van der Waals surface area contributed by atoms with Gasteiger partial charge in [-0.3, -0.25) is 0 Å². The van der Waals surface area contributed by atoms with Crippen LogP contribution in [0.2, 0.25) is 0 Å². The smallest absolute Gasteiger partial charge is 0.371 e. The SMILES string of the molecule is O=C(O)c1ccc(Cc2nc(CO)cs2)o1. The number of rotatable bonds is 4. The number of aliphatic hydroxyl groups is 1. The molecule has 5 nitrogen and oxygen atoms in total. The van der Waals surface area contributed by atoms with Gasteiger partial charge in [0.25, 0.3) is 0 Å². The Morgan fingerprint density at radius 3 is 2.88 bits per heavy atom. The first-order valence-electron chi connectivity index (χ1n) is 4.55. The number of furan rings is 1. The minimum Gasteiger partial charge on any atom is -0.475 e. The van der Waals surface area contributed by atoms with Gasteiger partial charge < -0.3 is 14.6 Å². The number of hydrogen-bond donors (Lipinski definition) is 2. The molecule has 0 saturated heterocycles. The molecule has 0 aliphatic rings. The molecule has 84 valence electrons. The number of thiazole rings is 1. The number of nitrogens with zero attached hydrogens (tertiary/aromatic N) is 1. The van der Waals surface area contributed by atoms with Gasteiger partial charge in [-0.15, -0.1) is 11.3 Å². The normalized spacial score (nSPS) is 10.6. The van der Waals surface area contributed by atoms with E-state index in [9.17, 15) is 4.79 Å². The fourth-order valence-electron chi connectivity index (χ4n) is 1.24. The van der Waals surface area contributed by atoms with Crippen LogP contribution in [-0.4, -0.2) is 21.2 Å². The fraction of sp³-hybridized carbons (Fsp3) is 0.200. The number of hydrogen-bond acceptors (Lipinski definition) is 5. The van der Waals surface area contributed by atoms with Crippen LogP contribution in [-0.2, 0) is 13.0 Å². The number of aliphatic hydroxyl groups excluding tert-OH is 1. The lowest BCUT2D eigenvalue weighted by atomic mass is 10.3. The highest BCUT2D eigenvalue weighted by Gasteiger charge is 2.10. The van der Waals surface area contributed by atoms with Crippen LogP contribution in [0.3, 0.4) is 0 Å². The molecule has 0 aromatic carbocycles. The van der Waals surface area contributed by atoms with E-state index in [-0.39, 0.29) is 12.4 Å². The molecule has 0 saturated carbocycles. The molecule has 2 heterocycles. The van der Waals surface area contributed by atoms with Crippen molar-refractivity contribution in [3.05, 3.63) is 39.7 Å². The summed E-state index contributed by atoms with van der Waals surface area (Å²) < 4.78 is 5.10. The largest absolute Gasteiger partial charge is 0.475 e. The Bertz CT molecular complexity index is 502. The van der Waals surface area contributed by atoms with Gasteiger partial charge in [-0.25, -0.2) is 9.78 Å². The molecule has 0 aliphatic carbocycles. The molecule has 16 heavy (non-hydrogen) atoms. The Hall–Kier alpha value is -1.66. The maximum Gasteiger partial charge on any atom is 0.371 e. The van der Waals surface area contributed by atoms with Gasteiger partial charge in [-0.2, -0.15) is 0 Å². The van der Waals surface area contributed by atoms with Gasteiger partial charge in [-0.05, 0) is 12.1 Å². The second-order valence-corrected chi connectivity index (χ2v) is 4.08. The third kappa shape index (κ3) is 2.29. The second kappa shape index (κ2) is 4.46. The maximum atomic E-state index is 10.6. The predicted octanol–water partition coefficient (Wildman–Crippen LogP) is 1.52. The number of carbonyl (C=O) groups is 1. The summed E-state index contributed by atoms with van der Waals surface area (Å²) in [6.45, 7) is -0.0883. The van der Waals surface area contributed by atoms with Gasteiger partial charge in [-0.1, -0.05) is 0 Å². The van der Waals surface area contributed by atoms with Crippen LogP contribution in [0.25, 0.3) is 0 Å². The van der Waals surface area contributed by atoms with Gasteiger partial charge in [0.2, 0.25) is 5.76 Å². The average Bonchev–Trinajstić information content (AvgIpc) is 2.87. The molecule has 2 N–H and O–H groups in total. The van der Waals surface area contributed by atoms with Crippen LogP contribution < -0.4 is 0 Å². The number of aromatic carboxylic acids is 1. The Morgan fingerprint density at radius 1 is 1.50 bits per heavy atom. The van der Waals surface area contributed by atoms with Gasteiger partial charge in [0, 0.05) is 5.38 Å². The summed E-state index contributed by atoms with van der Waals surface area (Å²) in [6, 6.07) is 3.03. The highest BCUT2D eigenvalue weighted by Crippen LogP contribution is 2.16. The van der Waals surface area contributed by atoms with Crippen LogP contribution in [0, 0.1) is 0 Å². The van der Waals surface area contributed by atoms with E-state index < -0.39 is 5.97 Å². The highest BCUT2D eigenvalue weighted by atomic mass is 32.1. The van der Waals surface area contributed by atoms with E-state index in [2.05, 4.69) is 4.98 Å². The summed E-state index contributed by atoms with van der Waals surface area (Å²) in [7, 11) is 0. The molecule has 6 heteroatoms. The van der Waals surface area contributed by atoms with Crippen molar-refractivity contribution in [1.29, 1.82) is 0 Å². The Labute approximate surface area is 95.0 Å². The number of aromatic nitrogens is 1. The molecular formula is C10H9NO4S. The molecule has 0 bridgehead atoms. The van der Waals surface area contributed by atoms with Gasteiger partial charge >= 0.3 is 5.97 Å². The summed E-state index contributed by atoms with van der Waals surface area (Å²) in [4.78, 5) is 14.7. The zero-order chi connectivity index (χ0) is 11.5. The molecule has 0 fully saturated rings. The van der Waals surface area contributed by atoms with Crippen LogP contribution in [0.4, 0.5) is 0 Å². The van der Waals surface area contributed by atoms with E-state index in [0.717, 1.165) is 5.01 Å². The van der Waals surface area contributed by atoms with Crippen molar-refractivity contribution in [1.82, 2.24) is 4.98 Å². The van der Waals surface area contributed by atoms with Crippen molar-refractivity contribution < 1.29 is 19.4 Å². The Kier molecular flexibility index (Phi) is 3.02. The van der Waals surface area contributed by atoms with Crippen molar-refractivity contribution in [3.8, 4) is 0 Å². The molecule has 2 rings (SSSR count). The van der Waals surface area contributed by atoms with Crippen molar-refractivity contribution in [2.45, 2.75) is 13.0 Å². The van der Waals surface area contributed by atoms with E-state index >= 15 is 0 Å². The average molecular weight is 239 g/mol.